The van der Waals surface area contributed by atoms with Gasteiger partial charge in [0.2, 0.25) is 0 Å². The molecule has 1 amide bonds. The van der Waals surface area contributed by atoms with Crippen LogP contribution < -0.4 is 9.62 Å². The van der Waals surface area contributed by atoms with E-state index in [4.69, 9.17) is 0 Å². The number of aryl methyl sites for hydroxylation is 1. The van der Waals surface area contributed by atoms with E-state index < -0.39 is 10.0 Å². The third-order valence-corrected chi connectivity index (χ3v) is 6.79. The van der Waals surface area contributed by atoms with E-state index in [-0.39, 0.29) is 10.8 Å². The standard InChI is InChI=1S/C23H21N5O3S/c1-17-7-13-20(14-8-17)32(30,31)27(2)19-11-9-18(10-12-19)23(29)26-21-5-3-4-6-22(21)28-16-24-15-25-28/h3-16H,1-2H3,(H,26,29). The maximum absolute atomic E-state index is 12.9. The Hall–Kier alpha value is -3.98. The Morgan fingerprint density at radius 2 is 1.66 bits per heavy atom. The van der Waals surface area contributed by atoms with E-state index in [1.54, 1.807) is 65.6 Å². The zero-order chi connectivity index (χ0) is 22.7. The summed E-state index contributed by atoms with van der Waals surface area (Å²) in [6.45, 7) is 1.90. The van der Waals surface area contributed by atoms with E-state index in [0.29, 0.717) is 22.6 Å². The summed E-state index contributed by atoms with van der Waals surface area (Å²) in [6, 6.07) is 20.3. The first-order valence-corrected chi connectivity index (χ1v) is 11.2. The molecule has 4 aromatic rings. The number of anilines is 2. The van der Waals surface area contributed by atoms with Crippen molar-refractivity contribution in [2.24, 2.45) is 0 Å². The summed E-state index contributed by atoms with van der Waals surface area (Å²) in [5.41, 5.74) is 3.07. The van der Waals surface area contributed by atoms with Crippen LogP contribution in [-0.2, 0) is 10.0 Å². The molecule has 0 bridgehead atoms. The first-order valence-electron chi connectivity index (χ1n) is 9.77. The minimum atomic E-state index is -3.70. The number of sulfonamides is 1. The van der Waals surface area contributed by atoms with Gasteiger partial charge in [0, 0.05) is 12.6 Å². The quantitative estimate of drug-likeness (QED) is 0.487. The number of benzene rings is 3. The Morgan fingerprint density at radius 1 is 0.969 bits per heavy atom. The van der Waals surface area contributed by atoms with Crippen LogP contribution in [0.5, 0.6) is 0 Å². The second-order valence-electron chi connectivity index (χ2n) is 7.14. The largest absolute Gasteiger partial charge is 0.320 e. The Kier molecular flexibility index (Phi) is 5.74. The van der Waals surface area contributed by atoms with Crippen LogP contribution in [0.25, 0.3) is 5.69 Å². The molecule has 0 saturated carbocycles. The zero-order valence-corrected chi connectivity index (χ0v) is 18.3. The van der Waals surface area contributed by atoms with E-state index in [9.17, 15) is 13.2 Å². The van der Waals surface area contributed by atoms with Gasteiger partial charge in [-0.2, -0.15) is 5.10 Å². The molecule has 0 fully saturated rings. The molecular weight excluding hydrogens is 426 g/mol. The number of carbonyl (C=O) groups excluding carboxylic acids is 1. The van der Waals surface area contributed by atoms with Crippen molar-refractivity contribution in [3.8, 4) is 5.69 Å². The summed E-state index contributed by atoms with van der Waals surface area (Å²) in [6.07, 6.45) is 2.96. The fourth-order valence-corrected chi connectivity index (χ4v) is 4.33. The predicted molar refractivity (Wildman–Crippen MR) is 123 cm³/mol. The lowest BCUT2D eigenvalue weighted by Gasteiger charge is -2.20. The summed E-state index contributed by atoms with van der Waals surface area (Å²) in [7, 11) is -2.22. The number of para-hydroxylation sites is 2. The van der Waals surface area contributed by atoms with Crippen molar-refractivity contribution in [1.82, 2.24) is 14.8 Å². The molecule has 1 heterocycles. The fourth-order valence-electron chi connectivity index (χ4n) is 3.14. The lowest BCUT2D eigenvalue weighted by atomic mass is 10.2. The normalized spacial score (nSPS) is 11.2. The molecule has 0 aliphatic rings. The summed E-state index contributed by atoms with van der Waals surface area (Å²) in [5, 5.41) is 6.97. The Morgan fingerprint density at radius 3 is 2.31 bits per heavy atom. The van der Waals surface area contributed by atoms with Crippen LogP contribution in [0, 0.1) is 6.92 Å². The van der Waals surface area contributed by atoms with Crippen molar-refractivity contribution in [2.45, 2.75) is 11.8 Å². The van der Waals surface area contributed by atoms with E-state index in [1.165, 1.54) is 17.7 Å². The molecule has 1 N–H and O–H groups in total. The molecule has 8 nitrogen and oxygen atoms in total. The highest BCUT2D eigenvalue weighted by molar-refractivity contribution is 7.92. The molecule has 0 aliphatic carbocycles. The highest BCUT2D eigenvalue weighted by atomic mass is 32.2. The van der Waals surface area contributed by atoms with Crippen LogP contribution in [0.4, 0.5) is 11.4 Å². The van der Waals surface area contributed by atoms with Crippen molar-refractivity contribution in [3.63, 3.8) is 0 Å². The molecule has 0 spiro atoms. The molecule has 0 radical (unpaired) electrons. The van der Waals surface area contributed by atoms with Gasteiger partial charge in [-0.1, -0.05) is 29.8 Å². The molecule has 9 heteroatoms. The third-order valence-electron chi connectivity index (χ3n) is 4.99. The van der Waals surface area contributed by atoms with Gasteiger partial charge in [-0.15, -0.1) is 0 Å². The minimum absolute atomic E-state index is 0.206. The number of amides is 1. The zero-order valence-electron chi connectivity index (χ0n) is 17.5. The van der Waals surface area contributed by atoms with Gasteiger partial charge in [0.05, 0.1) is 22.0 Å². The molecule has 162 valence electrons. The van der Waals surface area contributed by atoms with Gasteiger partial charge in [-0.25, -0.2) is 18.1 Å². The van der Waals surface area contributed by atoms with Crippen LogP contribution in [-0.4, -0.2) is 36.1 Å². The monoisotopic (exact) mass is 447 g/mol. The van der Waals surface area contributed by atoms with Crippen LogP contribution in [0.2, 0.25) is 0 Å². The second-order valence-corrected chi connectivity index (χ2v) is 9.11. The van der Waals surface area contributed by atoms with Gasteiger partial charge < -0.3 is 5.32 Å². The van der Waals surface area contributed by atoms with E-state index in [1.807, 2.05) is 25.1 Å². The molecule has 0 saturated heterocycles. The summed E-state index contributed by atoms with van der Waals surface area (Å²) in [4.78, 5) is 16.9. The maximum atomic E-state index is 12.9. The molecule has 0 unspecified atom stereocenters. The van der Waals surface area contributed by atoms with Crippen molar-refractivity contribution < 1.29 is 13.2 Å². The van der Waals surface area contributed by atoms with Crippen LogP contribution >= 0.6 is 0 Å². The number of aromatic nitrogens is 3. The van der Waals surface area contributed by atoms with E-state index in [0.717, 1.165) is 5.56 Å². The molecular formula is C23H21N5O3S. The number of carbonyl (C=O) groups is 1. The van der Waals surface area contributed by atoms with Gasteiger partial charge in [0.25, 0.3) is 15.9 Å². The van der Waals surface area contributed by atoms with Gasteiger partial charge in [0.15, 0.2) is 0 Å². The predicted octanol–water partition coefficient (Wildman–Crippen LogP) is 3.65. The number of hydrogen-bond acceptors (Lipinski definition) is 5. The molecule has 0 aliphatic heterocycles. The lowest BCUT2D eigenvalue weighted by Crippen LogP contribution is -2.26. The average molecular weight is 448 g/mol. The average Bonchev–Trinajstić information content (AvgIpc) is 3.34. The van der Waals surface area contributed by atoms with Crippen LogP contribution in [0.3, 0.4) is 0 Å². The topological polar surface area (TPSA) is 97.2 Å². The lowest BCUT2D eigenvalue weighted by molar-refractivity contribution is 0.102. The number of nitrogens with zero attached hydrogens (tertiary/aromatic N) is 4. The SMILES string of the molecule is Cc1ccc(S(=O)(=O)N(C)c2ccc(C(=O)Nc3ccccc3-n3cncn3)cc2)cc1. The number of hydrogen-bond donors (Lipinski definition) is 1. The first kappa shape index (κ1) is 21.3. The van der Waals surface area contributed by atoms with E-state index in [2.05, 4.69) is 15.4 Å². The summed E-state index contributed by atoms with van der Waals surface area (Å²) >= 11 is 0. The smallest absolute Gasteiger partial charge is 0.264 e. The molecule has 32 heavy (non-hydrogen) atoms. The molecule has 1 aromatic heterocycles. The van der Waals surface area contributed by atoms with Gasteiger partial charge >= 0.3 is 0 Å². The number of nitrogens with one attached hydrogen (secondary N) is 1. The summed E-state index contributed by atoms with van der Waals surface area (Å²) in [5.74, 6) is -0.326. The van der Waals surface area contributed by atoms with Crippen LogP contribution in [0.1, 0.15) is 15.9 Å². The van der Waals surface area contributed by atoms with Crippen molar-refractivity contribution in [3.05, 3.63) is 96.6 Å². The molecule has 3 aromatic carbocycles. The number of rotatable bonds is 6. The minimum Gasteiger partial charge on any atom is -0.320 e. The summed E-state index contributed by atoms with van der Waals surface area (Å²) < 4.78 is 28.5. The Bertz CT molecular complexity index is 1330. The Labute approximate surface area is 186 Å². The second kappa shape index (κ2) is 8.64. The van der Waals surface area contributed by atoms with Crippen molar-refractivity contribution in [2.75, 3.05) is 16.7 Å². The van der Waals surface area contributed by atoms with Crippen LogP contribution in [0.15, 0.2) is 90.3 Å². The highest BCUT2D eigenvalue weighted by Gasteiger charge is 2.21. The van der Waals surface area contributed by atoms with Gasteiger partial charge in [0.1, 0.15) is 12.7 Å². The fraction of sp³-hybridized carbons (Fsp3) is 0.0870. The van der Waals surface area contributed by atoms with E-state index >= 15 is 0 Å². The Balaban J connectivity index is 1.53. The highest BCUT2D eigenvalue weighted by Crippen LogP contribution is 2.24. The van der Waals surface area contributed by atoms with Gasteiger partial charge in [-0.3, -0.25) is 9.10 Å². The third kappa shape index (κ3) is 4.23. The first-order chi connectivity index (χ1) is 15.4. The van der Waals surface area contributed by atoms with Crippen molar-refractivity contribution >= 4 is 27.3 Å². The van der Waals surface area contributed by atoms with Gasteiger partial charge in [-0.05, 0) is 55.5 Å². The maximum Gasteiger partial charge on any atom is 0.264 e. The molecule has 4 rings (SSSR count). The van der Waals surface area contributed by atoms with Crippen molar-refractivity contribution in [1.29, 1.82) is 0 Å². The molecule has 0 atom stereocenters.